The number of H-pyrrole nitrogens is 2. The van der Waals surface area contributed by atoms with Crippen LogP contribution in [0.5, 0.6) is 0 Å². The second kappa shape index (κ2) is 15.3. The molecule has 12 nitrogen and oxygen atoms in total. The third-order valence-electron chi connectivity index (χ3n) is 11.1. The summed E-state index contributed by atoms with van der Waals surface area (Å²) in [5, 5.41) is 2.71. The Labute approximate surface area is 316 Å². The van der Waals surface area contributed by atoms with E-state index >= 15 is 0 Å². The van der Waals surface area contributed by atoms with Gasteiger partial charge in [0.25, 0.3) is 0 Å². The topological polar surface area (TPSA) is 140 Å². The highest BCUT2D eigenvalue weighted by molar-refractivity contribution is 5.88. The van der Waals surface area contributed by atoms with Gasteiger partial charge < -0.3 is 29.8 Å². The molecule has 2 fully saturated rings. The Balaban J connectivity index is 1.07. The minimum absolute atomic E-state index is 0.0519. The molecular formula is C42H52N8O4. The van der Waals surface area contributed by atoms with Crippen LogP contribution >= 0.6 is 0 Å². The van der Waals surface area contributed by atoms with Crippen LogP contribution in [0.25, 0.3) is 44.3 Å². The Hall–Kier alpha value is -5.23. The fraction of sp³-hybridized carbons (Fsp3) is 0.452. The molecule has 0 spiro atoms. The van der Waals surface area contributed by atoms with E-state index in [1.165, 1.54) is 7.11 Å². The number of benzene rings is 3. The highest BCUT2D eigenvalue weighted by atomic mass is 16.5. The van der Waals surface area contributed by atoms with Crippen molar-refractivity contribution in [3.05, 3.63) is 72.3 Å². The first-order chi connectivity index (χ1) is 25.9. The average molecular weight is 733 g/mol. The zero-order valence-corrected chi connectivity index (χ0v) is 32.3. The lowest BCUT2D eigenvalue weighted by atomic mass is 10.00. The number of aromatic nitrogens is 4. The summed E-state index contributed by atoms with van der Waals surface area (Å²) in [5.74, 6) is 1.77. The third kappa shape index (κ3) is 7.19. The molecule has 4 heterocycles. The molecule has 54 heavy (non-hydrogen) atoms. The van der Waals surface area contributed by atoms with E-state index in [2.05, 4.69) is 83.7 Å². The summed E-state index contributed by atoms with van der Waals surface area (Å²) in [6.45, 7) is 9.39. The fourth-order valence-electron chi connectivity index (χ4n) is 8.36. The van der Waals surface area contributed by atoms with Crippen LogP contribution in [0.2, 0.25) is 0 Å². The Kier molecular flexibility index (Phi) is 10.5. The number of ether oxygens (including phenoxy) is 1. The first-order valence-electron chi connectivity index (χ1n) is 19.2. The first kappa shape index (κ1) is 37.1. The summed E-state index contributed by atoms with van der Waals surface area (Å²) < 4.78 is 4.77. The smallest absolute Gasteiger partial charge is 0.407 e. The number of alkyl carbamates (subject to hydrolysis) is 1. The number of carbonyl (C=O) groups excluding carboxylic acids is 3. The highest BCUT2D eigenvalue weighted by Crippen LogP contribution is 2.36. The first-order valence-corrected chi connectivity index (χ1v) is 19.2. The van der Waals surface area contributed by atoms with Gasteiger partial charge in [-0.3, -0.25) is 14.5 Å². The maximum absolute atomic E-state index is 13.6. The van der Waals surface area contributed by atoms with E-state index < -0.39 is 12.1 Å². The number of nitrogens with zero attached hydrogens (tertiary/aromatic N) is 5. The predicted octanol–water partition coefficient (Wildman–Crippen LogP) is 7.07. The van der Waals surface area contributed by atoms with Gasteiger partial charge in [0.1, 0.15) is 17.7 Å². The van der Waals surface area contributed by atoms with Gasteiger partial charge in [0.2, 0.25) is 11.8 Å². The molecule has 2 saturated heterocycles. The highest BCUT2D eigenvalue weighted by Gasteiger charge is 2.39. The van der Waals surface area contributed by atoms with Gasteiger partial charge in [-0.05, 0) is 98.1 Å². The molecule has 2 aliphatic rings. The number of likely N-dealkylation sites (tertiary alicyclic amines) is 2. The molecule has 0 unspecified atom stereocenters. The van der Waals surface area contributed by atoms with E-state index in [4.69, 9.17) is 14.7 Å². The molecule has 0 bridgehead atoms. The number of hydrogen-bond donors (Lipinski definition) is 3. The minimum Gasteiger partial charge on any atom is -0.453 e. The van der Waals surface area contributed by atoms with Gasteiger partial charge in [0.15, 0.2) is 0 Å². The van der Waals surface area contributed by atoms with Crippen LogP contribution in [0.3, 0.4) is 0 Å². The van der Waals surface area contributed by atoms with Gasteiger partial charge in [-0.25, -0.2) is 14.8 Å². The Bertz CT molecular complexity index is 2140. The number of aromatic amines is 2. The lowest BCUT2D eigenvalue weighted by molar-refractivity contribution is -0.138. The Morgan fingerprint density at radius 3 is 1.61 bits per heavy atom. The molecule has 0 radical (unpaired) electrons. The van der Waals surface area contributed by atoms with Crippen LogP contribution in [-0.2, 0) is 14.3 Å². The van der Waals surface area contributed by atoms with E-state index in [0.29, 0.717) is 6.54 Å². The molecule has 4 atom stereocenters. The van der Waals surface area contributed by atoms with Crippen molar-refractivity contribution >= 4 is 40.0 Å². The molecule has 5 aromatic rings. The number of amides is 3. The van der Waals surface area contributed by atoms with Crippen LogP contribution in [0.15, 0.2) is 60.7 Å². The Morgan fingerprint density at radius 1 is 0.722 bits per heavy atom. The van der Waals surface area contributed by atoms with Crippen LogP contribution in [-0.4, -0.2) is 98.9 Å². The molecule has 7 rings (SSSR count). The molecule has 0 aliphatic carbocycles. The summed E-state index contributed by atoms with van der Waals surface area (Å²) in [6, 6.07) is 19.9. The number of rotatable bonds is 10. The third-order valence-corrected chi connectivity index (χ3v) is 11.1. The van der Waals surface area contributed by atoms with Crippen LogP contribution in [0, 0.1) is 11.8 Å². The number of carbonyl (C=O) groups is 3. The monoisotopic (exact) mass is 732 g/mol. The van der Waals surface area contributed by atoms with Crippen molar-refractivity contribution in [2.24, 2.45) is 11.8 Å². The number of imidazole rings is 2. The van der Waals surface area contributed by atoms with Crippen LogP contribution < -0.4 is 5.32 Å². The SMILES string of the molecule is COC(=O)N[C@H](C(=O)N1CCC[C@H]1c1nc2cc(-c3ccc(-c4ccc5[nH]c([C@@H]6CCCN6C(=O)[C@@H](C(C)C)N(C)C)nc5c4)cc3)ccc2[nH]1)C(C)C. The molecule has 3 N–H and O–H groups in total. The summed E-state index contributed by atoms with van der Waals surface area (Å²) in [4.78, 5) is 62.1. The van der Waals surface area contributed by atoms with Crippen molar-refractivity contribution in [3.8, 4) is 22.3 Å². The van der Waals surface area contributed by atoms with Crippen LogP contribution in [0.1, 0.15) is 77.1 Å². The minimum atomic E-state index is -0.679. The van der Waals surface area contributed by atoms with Crippen molar-refractivity contribution < 1.29 is 19.1 Å². The Morgan fingerprint density at radius 2 is 1.19 bits per heavy atom. The van der Waals surface area contributed by atoms with Gasteiger partial charge in [-0.15, -0.1) is 0 Å². The maximum atomic E-state index is 13.6. The predicted molar refractivity (Wildman–Crippen MR) is 210 cm³/mol. The molecule has 284 valence electrons. The maximum Gasteiger partial charge on any atom is 0.407 e. The number of nitrogens with one attached hydrogen (secondary N) is 3. The normalized spacial score (nSPS) is 18.7. The summed E-state index contributed by atoms with van der Waals surface area (Å²) in [6.07, 6.45) is 2.91. The van der Waals surface area contributed by atoms with E-state index in [0.717, 1.165) is 88.2 Å². The van der Waals surface area contributed by atoms with Crippen LogP contribution in [0.4, 0.5) is 4.79 Å². The quantitative estimate of drug-likeness (QED) is 0.140. The number of fused-ring (bicyclic) bond motifs is 2. The number of likely N-dealkylation sites (N-methyl/N-ethyl adjacent to an activating group) is 1. The molecule has 0 saturated carbocycles. The van der Waals surface area contributed by atoms with Crippen molar-refractivity contribution in [3.63, 3.8) is 0 Å². The molecule has 12 heteroatoms. The standard InChI is InChI=1S/C42H52N8O4/c1-24(2)36(47-42(53)54-7)40(51)49-20-8-10-34(49)38-43-30-18-16-28(22-32(30)45-38)26-12-14-27(15-13-26)29-17-19-31-33(23-29)46-39(44-31)35-11-9-21-50(35)41(52)37(25(3)4)48(5)6/h12-19,22-25,34-37H,8-11,20-21H2,1-7H3,(H,43,45)(H,44,46)(H,47,53)/t34-,35-,36-,37+/m0/s1. The second-order valence-corrected chi connectivity index (χ2v) is 15.7. The average Bonchev–Trinajstić information content (AvgIpc) is 3.97. The van der Waals surface area contributed by atoms with Gasteiger partial charge >= 0.3 is 6.09 Å². The lowest BCUT2D eigenvalue weighted by Crippen LogP contribution is -2.51. The fourth-order valence-corrected chi connectivity index (χ4v) is 8.36. The van der Waals surface area contributed by atoms with E-state index in [1.54, 1.807) is 0 Å². The molecule has 3 aromatic carbocycles. The van der Waals surface area contributed by atoms with Gasteiger partial charge in [0, 0.05) is 13.1 Å². The summed E-state index contributed by atoms with van der Waals surface area (Å²) in [7, 11) is 5.25. The van der Waals surface area contributed by atoms with E-state index in [-0.39, 0.29) is 41.8 Å². The second-order valence-electron chi connectivity index (χ2n) is 15.7. The van der Waals surface area contributed by atoms with Crippen molar-refractivity contribution in [2.75, 3.05) is 34.3 Å². The van der Waals surface area contributed by atoms with E-state index in [1.807, 2.05) is 48.7 Å². The number of methoxy groups -OCH3 is 1. The molecule has 2 aromatic heterocycles. The summed E-state index contributed by atoms with van der Waals surface area (Å²) >= 11 is 0. The molecule has 2 aliphatic heterocycles. The lowest BCUT2D eigenvalue weighted by Gasteiger charge is -2.33. The largest absolute Gasteiger partial charge is 0.453 e. The van der Waals surface area contributed by atoms with Crippen molar-refractivity contribution in [1.29, 1.82) is 0 Å². The van der Waals surface area contributed by atoms with Crippen molar-refractivity contribution in [1.82, 2.24) is 40.0 Å². The van der Waals surface area contributed by atoms with Gasteiger partial charge in [-0.1, -0.05) is 64.1 Å². The zero-order chi connectivity index (χ0) is 38.3. The van der Waals surface area contributed by atoms with E-state index in [9.17, 15) is 14.4 Å². The number of hydrogen-bond acceptors (Lipinski definition) is 7. The van der Waals surface area contributed by atoms with Gasteiger partial charge in [-0.2, -0.15) is 0 Å². The summed E-state index contributed by atoms with van der Waals surface area (Å²) in [5.41, 5.74) is 7.88. The molecular weight excluding hydrogens is 681 g/mol. The zero-order valence-electron chi connectivity index (χ0n) is 32.3. The van der Waals surface area contributed by atoms with Gasteiger partial charge in [0.05, 0.1) is 47.3 Å². The van der Waals surface area contributed by atoms with Crippen molar-refractivity contribution in [2.45, 2.75) is 77.5 Å². The molecule has 3 amide bonds.